The number of halogens is 1. The number of allylic oxidation sites excluding steroid dienone is 1. The lowest BCUT2D eigenvalue weighted by Crippen LogP contribution is -2.30. The first-order chi connectivity index (χ1) is 12.0. The van der Waals surface area contributed by atoms with Crippen LogP contribution < -0.4 is 5.32 Å². The smallest absolute Gasteiger partial charge is 0.306 e. The molecule has 0 fully saturated rings. The fraction of sp³-hybridized carbons (Fsp3) is 0.500. The Hall–Kier alpha value is -1.66. The Morgan fingerprint density at radius 1 is 1.20 bits per heavy atom. The minimum Gasteiger partial charge on any atom is -0.456 e. The first-order valence-corrected chi connectivity index (χ1v) is 9.63. The van der Waals surface area contributed by atoms with Crippen LogP contribution in [-0.2, 0) is 14.3 Å². The Labute approximate surface area is 156 Å². The molecule has 1 aromatic rings. The Morgan fingerprint density at radius 3 is 2.72 bits per heavy atom. The second-order valence-electron chi connectivity index (χ2n) is 5.90. The number of thiophene rings is 1. The predicted octanol–water partition coefficient (Wildman–Crippen LogP) is 3.91. The average Bonchev–Trinajstić information content (AvgIpc) is 3.05. The van der Waals surface area contributed by atoms with Crippen molar-refractivity contribution in [3.05, 3.63) is 33.0 Å². The van der Waals surface area contributed by atoms with Crippen molar-refractivity contribution in [3.8, 4) is 0 Å². The Kier molecular flexibility index (Phi) is 8.15. The molecule has 1 aromatic heterocycles. The van der Waals surface area contributed by atoms with E-state index in [2.05, 4.69) is 11.4 Å². The lowest BCUT2D eigenvalue weighted by atomic mass is 9.97. The van der Waals surface area contributed by atoms with Gasteiger partial charge in [0, 0.05) is 13.0 Å². The van der Waals surface area contributed by atoms with E-state index < -0.39 is 5.97 Å². The quantitative estimate of drug-likeness (QED) is 0.398. The van der Waals surface area contributed by atoms with Crippen LogP contribution in [0.5, 0.6) is 0 Å². The molecule has 0 saturated heterocycles. The number of amides is 1. The molecule has 7 heteroatoms. The third kappa shape index (κ3) is 7.40. The van der Waals surface area contributed by atoms with Gasteiger partial charge in [-0.2, -0.15) is 0 Å². The third-order valence-corrected chi connectivity index (χ3v) is 5.19. The zero-order valence-electron chi connectivity index (χ0n) is 14.0. The van der Waals surface area contributed by atoms with Crippen LogP contribution in [0.25, 0.3) is 0 Å². The lowest BCUT2D eigenvalue weighted by Gasteiger charge is -2.13. The van der Waals surface area contributed by atoms with Crippen LogP contribution in [-0.4, -0.2) is 30.8 Å². The summed E-state index contributed by atoms with van der Waals surface area (Å²) >= 11 is 6.95. The molecule has 136 valence electrons. The molecule has 1 N–H and O–H groups in total. The van der Waals surface area contributed by atoms with Gasteiger partial charge < -0.3 is 10.1 Å². The van der Waals surface area contributed by atoms with E-state index in [1.54, 1.807) is 12.1 Å². The lowest BCUT2D eigenvalue weighted by molar-refractivity contribution is -0.148. The van der Waals surface area contributed by atoms with Crippen LogP contribution >= 0.6 is 22.9 Å². The number of carbonyl (C=O) groups is 3. The highest BCUT2D eigenvalue weighted by molar-refractivity contribution is 7.18. The van der Waals surface area contributed by atoms with Crippen molar-refractivity contribution < 1.29 is 19.1 Å². The summed E-state index contributed by atoms with van der Waals surface area (Å²) < 4.78 is 5.43. The molecule has 1 aliphatic rings. The van der Waals surface area contributed by atoms with Crippen LogP contribution in [0.4, 0.5) is 0 Å². The highest BCUT2D eigenvalue weighted by Crippen LogP contribution is 2.23. The zero-order valence-corrected chi connectivity index (χ0v) is 15.6. The molecule has 0 bridgehead atoms. The second kappa shape index (κ2) is 10.4. The molecule has 0 radical (unpaired) electrons. The maximum absolute atomic E-state index is 11.9. The molecule has 0 aromatic carbocycles. The zero-order chi connectivity index (χ0) is 18.1. The number of ketones is 1. The van der Waals surface area contributed by atoms with Gasteiger partial charge in [-0.25, -0.2) is 0 Å². The van der Waals surface area contributed by atoms with Crippen molar-refractivity contribution in [1.82, 2.24) is 5.32 Å². The molecule has 0 saturated carbocycles. The van der Waals surface area contributed by atoms with E-state index >= 15 is 0 Å². The van der Waals surface area contributed by atoms with Gasteiger partial charge in [0.1, 0.15) is 0 Å². The molecular weight excluding hydrogens is 362 g/mol. The Bertz CT molecular complexity index is 653. The van der Waals surface area contributed by atoms with Gasteiger partial charge in [0.25, 0.3) is 5.91 Å². The van der Waals surface area contributed by atoms with Gasteiger partial charge in [-0.1, -0.05) is 23.3 Å². The van der Waals surface area contributed by atoms with Crippen molar-refractivity contribution in [2.45, 2.75) is 44.9 Å². The van der Waals surface area contributed by atoms with E-state index in [-0.39, 0.29) is 31.1 Å². The van der Waals surface area contributed by atoms with Gasteiger partial charge in [-0.05, 0) is 44.2 Å². The normalized spacial score (nSPS) is 13.9. The largest absolute Gasteiger partial charge is 0.456 e. The number of ether oxygens (including phenoxy) is 1. The van der Waals surface area contributed by atoms with E-state index in [4.69, 9.17) is 16.3 Å². The highest BCUT2D eigenvalue weighted by atomic mass is 35.5. The van der Waals surface area contributed by atoms with Crippen molar-refractivity contribution in [1.29, 1.82) is 0 Å². The van der Waals surface area contributed by atoms with Crippen molar-refractivity contribution >= 4 is 40.6 Å². The summed E-state index contributed by atoms with van der Waals surface area (Å²) in [6, 6.07) is 3.28. The molecule has 1 heterocycles. The summed E-state index contributed by atoms with van der Waals surface area (Å²) in [6.07, 6.45) is 7.78. The number of Topliss-reactive ketones (excluding diaryl/α,β-unsaturated/α-hetero) is 1. The van der Waals surface area contributed by atoms with Gasteiger partial charge in [0.15, 0.2) is 12.4 Å². The molecule has 5 nitrogen and oxygen atoms in total. The third-order valence-electron chi connectivity index (χ3n) is 3.92. The molecular formula is C18H22ClNO4S. The fourth-order valence-corrected chi connectivity index (χ4v) is 3.58. The van der Waals surface area contributed by atoms with E-state index in [1.165, 1.54) is 29.8 Å². The van der Waals surface area contributed by atoms with Crippen LogP contribution in [0.1, 0.15) is 54.6 Å². The number of hydrogen-bond acceptors (Lipinski definition) is 5. The molecule has 0 aliphatic heterocycles. The number of hydrogen-bond donors (Lipinski definition) is 1. The number of esters is 1. The first-order valence-electron chi connectivity index (χ1n) is 8.43. The summed E-state index contributed by atoms with van der Waals surface area (Å²) in [4.78, 5) is 35.7. The SMILES string of the molecule is O=C(COC(=O)CCC(=O)c1ccc(Cl)s1)NCCC1=CCCCC1. The summed E-state index contributed by atoms with van der Waals surface area (Å²) in [5.74, 6) is -1.03. The number of rotatable bonds is 9. The van der Waals surface area contributed by atoms with Gasteiger partial charge in [0.2, 0.25) is 0 Å². The molecule has 0 atom stereocenters. The van der Waals surface area contributed by atoms with E-state index in [0.29, 0.717) is 15.8 Å². The summed E-state index contributed by atoms with van der Waals surface area (Å²) in [7, 11) is 0. The average molecular weight is 384 g/mol. The van der Waals surface area contributed by atoms with E-state index in [9.17, 15) is 14.4 Å². The van der Waals surface area contributed by atoms with E-state index in [1.807, 2.05) is 0 Å². The van der Waals surface area contributed by atoms with E-state index in [0.717, 1.165) is 19.3 Å². The minimum atomic E-state index is -0.554. The van der Waals surface area contributed by atoms with Crippen molar-refractivity contribution in [2.75, 3.05) is 13.2 Å². The topological polar surface area (TPSA) is 72.5 Å². The summed E-state index contributed by atoms with van der Waals surface area (Å²) in [5.41, 5.74) is 1.38. The molecule has 0 unspecified atom stereocenters. The minimum absolute atomic E-state index is 0.0471. The molecule has 2 rings (SSSR count). The summed E-state index contributed by atoms with van der Waals surface area (Å²) in [6.45, 7) is 0.247. The Morgan fingerprint density at radius 2 is 2.04 bits per heavy atom. The monoisotopic (exact) mass is 383 g/mol. The fourth-order valence-electron chi connectivity index (χ4n) is 2.57. The molecule has 0 spiro atoms. The first kappa shape index (κ1) is 19.7. The van der Waals surface area contributed by atoms with Crippen molar-refractivity contribution in [3.63, 3.8) is 0 Å². The van der Waals surface area contributed by atoms with Gasteiger partial charge >= 0.3 is 5.97 Å². The highest BCUT2D eigenvalue weighted by Gasteiger charge is 2.13. The van der Waals surface area contributed by atoms with Crippen LogP contribution in [0.15, 0.2) is 23.8 Å². The van der Waals surface area contributed by atoms with Crippen LogP contribution in [0.3, 0.4) is 0 Å². The van der Waals surface area contributed by atoms with Gasteiger partial charge in [-0.15, -0.1) is 11.3 Å². The van der Waals surface area contributed by atoms with Crippen LogP contribution in [0, 0.1) is 0 Å². The Balaban J connectivity index is 1.56. The maximum atomic E-state index is 11.9. The van der Waals surface area contributed by atoms with Crippen molar-refractivity contribution in [2.24, 2.45) is 0 Å². The molecule has 25 heavy (non-hydrogen) atoms. The number of carbonyl (C=O) groups excluding carboxylic acids is 3. The van der Waals surface area contributed by atoms with Crippen LogP contribution in [0.2, 0.25) is 4.34 Å². The molecule has 1 aliphatic carbocycles. The maximum Gasteiger partial charge on any atom is 0.306 e. The van der Waals surface area contributed by atoms with Gasteiger partial charge in [-0.3, -0.25) is 14.4 Å². The second-order valence-corrected chi connectivity index (χ2v) is 7.61. The standard InChI is InChI=1S/C18H22ClNO4S/c19-16-8-7-15(25-16)14(21)6-9-18(23)24-12-17(22)20-11-10-13-4-2-1-3-5-13/h4,7-8H,1-3,5-6,9-12H2,(H,20,22). The van der Waals surface area contributed by atoms with Gasteiger partial charge in [0.05, 0.1) is 15.6 Å². The molecule has 1 amide bonds. The predicted molar refractivity (Wildman–Crippen MR) is 98.0 cm³/mol. The number of nitrogens with one attached hydrogen (secondary N) is 1. The summed E-state index contributed by atoms with van der Waals surface area (Å²) in [5, 5.41) is 2.74.